The van der Waals surface area contributed by atoms with Gasteiger partial charge in [-0.25, -0.2) is 0 Å². The van der Waals surface area contributed by atoms with Crippen LogP contribution in [0.3, 0.4) is 0 Å². The molecule has 0 atom stereocenters. The lowest BCUT2D eigenvalue weighted by Crippen LogP contribution is -2.05. The van der Waals surface area contributed by atoms with Crippen LogP contribution in [0, 0.1) is 11.7 Å². The number of H-pyrrole nitrogens is 1. The SMILES string of the molecule is Cc1c(Cl)cccc1-n1c(CCc2ccc(O)cc2)n[nH]c1=S. The van der Waals surface area contributed by atoms with E-state index in [1.807, 2.05) is 41.8 Å². The van der Waals surface area contributed by atoms with E-state index in [2.05, 4.69) is 10.2 Å². The summed E-state index contributed by atoms with van der Waals surface area (Å²) in [5, 5.41) is 17.3. The summed E-state index contributed by atoms with van der Waals surface area (Å²) in [6.07, 6.45) is 1.53. The molecule has 4 nitrogen and oxygen atoms in total. The fraction of sp³-hybridized carbons (Fsp3) is 0.176. The molecule has 1 aromatic heterocycles. The molecule has 2 aromatic carbocycles. The van der Waals surface area contributed by atoms with Gasteiger partial charge in [-0.2, -0.15) is 5.10 Å². The molecule has 0 spiro atoms. The third-order valence-corrected chi connectivity index (χ3v) is 4.48. The van der Waals surface area contributed by atoms with Crippen molar-refractivity contribution in [2.75, 3.05) is 0 Å². The molecule has 3 rings (SSSR count). The average molecular weight is 346 g/mol. The van der Waals surface area contributed by atoms with E-state index in [1.165, 1.54) is 0 Å². The number of hydrogen-bond acceptors (Lipinski definition) is 3. The molecule has 0 aliphatic heterocycles. The van der Waals surface area contributed by atoms with Gasteiger partial charge in [0.15, 0.2) is 4.77 Å². The normalized spacial score (nSPS) is 10.9. The first kappa shape index (κ1) is 15.8. The van der Waals surface area contributed by atoms with Gasteiger partial charge in [0.05, 0.1) is 5.69 Å². The number of halogens is 1. The number of phenolic OH excluding ortho intramolecular Hbond substituents is 1. The second kappa shape index (κ2) is 6.56. The number of hydrogen-bond donors (Lipinski definition) is 2. The summed E-state index contributed by atoms with van der Waals surface area (Å²) in [6.45, 7) is 1.97. The molecule has 0 saturated carbocycles. The molecule has 0 aliphatic carbocycles. The van der Waals surface area contributed by atoms with E-state index in [0.717, 1.165) is 35.5 Å². The van der Waals surface area contributed by atoms with E-state index in [-0.39, 0.29) is 5.75 Å². The van der Waals surface area contributed by atoms with Gasteiger partial charge < -0.3 is 5.11 Å². The zero-order valence-corrected chi connectivity index (χ0v) is 14.2. The van der Waals surface area contributed by atoms with Crippen molar-refractivity contribution in [1.82, 2.24) is 14.8 Å². The number of nitrogens with one attached hydrogen (secondary N) is 1. The first-order chi connectivity index (χ1) is 11.1. The van der Waals surface area contributed by atoms with Crippen molar-refractivity contribution in [3.05, 3.63) is 69.2 Å². The van der Waals surface area contributed by atoms with Crippen LogP contribution in [0.25, 0.3) is 5.69 Å². The number of rotatable bonds is 4. The fourth-order valence-electron chi connectivity index (χ4n) is 2.50. The van der Waals surface area contributed by atoms with Crippen molar-refractivity contribution >= 4 is 23.8 Å². The van der Waals surface area contributed by atoms with Gasteiger partial charge in [-0.15, -0.1) is 0 Å². The van der Waals surface area contributed by atoms with Gasteiger partial charge >= 0.3 is 0 Å². The predicted molar refractivity (Wildman–Crippen MR) is 94.0 cm³/mol. The summed E-state index contributed by atoms with van der Waals surface area (Å²) >= 11 is 11.6. The van der Waals surface area contributed by atoms with E-state index < -0.39 is 0 Å². The number of aromatic amines is 1. The molecule has 1 heterocycles. The van der Waals surface area contributed by atoms with Crippen LogP contribution in [-0.4, -0.2) is 19.9 Å². The Kier molecular flexibility index (Phi) is 4.50. The highest BCUT2D eigenvalue weighted by atomic mass is 35.5. The van der Waals surface area contributed by atoms with Crippen molar-refractivity contribution < 1.29 is 5.11 Å². The van der Waals surface area contributed by atoms with Crippen LogP contribution in [-0.2, 0) is 12.8 Å². The smallest absolute Gasteiger partial charge is 0.199 e. The minimum atomic E-state index is 0.269. The lowest BCUT2D eigenvalue weighted by Gasteiger charge is -2.11. The van der Waals surface area contributed by atoms with Gasteiger partial charge in [0.25, 0.3) is 0 Å². The lowest BCUT2D eigenvalue weighted by atomic mass is 10.1. The zero-order chi connectivity index (χ0) is 16.4. The molecular formula is C17H16ClN3OS. The monoisotopic (exact) mass is 345 g/mol. The summed E-state index contributed by atoms with van der Waals surface area (Å²) in [4.78, 5) is 0. The number of phenols is 1. The third-order valence-electron chi connectivity index (χ3n) is 3.80. The molecule has 3 aromatic rings. The van der Waals surface area contributed by atoms with E-state index in [9.17, 15) is 5.11 Å². The molecule has 118 valence electrons. The average Bonchev–Trinajstić information content (AvgIpc) is 2.90. The largest absolute Gasteiger partial charge is 0.508 e. The van der Waals surface area contributed by atoms with E-state index in [0.29, 0.717) is 9.79 Å². The molecule has 23 heavy (non-hydrogen) atoms. The van der Waals surface area contributed by atoms with Crippen molar-refractivity contribution in [3.63, 3.8) is 0 Å². The lowest BCUT2D eigenvalue weighted by molar-refractivity contribution is 0.475. The van der Waals surface area contributed by atoms with Crippen molar-refractivity contribution in [2.45, 2.75) is 19.8 Å². The van der Waals surface area contributed by atoms with Crippen molar-refractivity contribution in [2.24, 2.45) is 0 Å². The van der Waals surface area contributed by atoms with E-state index in [4.69, 9.17) is 23.8 Å². The third kappa shape index (κ3) is 3.30. The van der Waals surface area contributed by atoms with Crippen LogP contribution in [0.2, 0.25) is 5.02 Å². The zero-order valence-electron chi connectivity index (χ0n) is 12.6. The molecule has 2 N–H and O–H groups in total. The Hall–Kier alpha value is -2.11. The van der Waals surface area contributed by atoms with Gasteiger partial charge in [-0.1, -0.05) is 29.8 Å². The molecule has 0 saturated heterocycles. The quantitative estimate of drug-likeness (QED) is 0.690. The Balaban J connectivity index is 1.91. The number of aryl methyl sites for hydroxylation is 2. The van der Waals surface area contributed by atoms with E-state index >= 15 is 0 Å². The standard InChI is InChI=1S/C17H16ClN3OS/c1-11-14(18)3-2-4-15(11)21-16(19-20-17(21)23)10-7-12-5-8-13(22)9-6-12/h2-6,8-9,22H,7,10H2,1H3,(H,20,23). The Labute approximate surface area is 144 Å². The van der Waals surface area contributed by atoms with Gasteiger partial charge in [0.1, 0.15) is 11.6 Å². The first-order valence-corrected chi connectivity index (χ1v) is 8.04. The number of aromatic hydroxyl groups is 1. The van der Waals surface area contributed by atoms with Crippen molar-refractivity contribution in [3.8, 4) is 11.4 Å². The molecule has 0 radical (unpaired) electrons. The summed E-state index contributed by atoms with van der Waals surface area (Å²) in [5.74, 6) is 1.12. The van der Waals surface area contributed by atoms with Crippen LogP contribution in [0.5, 0.6) is 5.75 Å². The summed E-state index contributed by atoms with van der Waals surface area (Å²) in [7, 11) is 0. The van der Waals surface area contributed by atoms with Crippen LogP contribution < -0.4 is 0 Å². The van der Waals surface area contributed by atoms with Crippen LogP contribution in [0.15, 0.2) is 42.5 Å². The molecular weight excluding hydrogens is 330 g/mol. The second-order valence-electron chi connectivity index (χ2n) is 5.33. The molecule has 0 fully saturated rings. The van der Waals surface area contributed by atoms with Crippen LogP contribution in [0.4, 0.5) is 0 Å². The number of aromatic nitrogens is 3. The first-order valence-electron chi connectivity index (χ1n) is 7.26. The topological polar surface area (TPSA) is 53.8 Å². The highest BCUT2D eigenvalue weighted by Gasteiger charge is 2.12. The second-order valence-corrected chi connectivity index (χ2v) is 6.12. The Bertz CT molecular complexity index is 884. The fourth-order valence-corrected chi connectivity index (χ4v) is 2.92. The highest BCUT2D eigenvalue weighted by molar-refractivity contribution is 7.71. The van der Waals surface area contributed by atoms with Crippen LogP contribution >= 0.6 is 23.8 Å². The van der Waals surface area contributed by atoms with Crippen molar-refractivity contribution in [1.29, 1.82) is 0 Å². The Morgan fingerprint density at radius 3 is 2.65 bits per heavy atom. The molecule has 0 amide bonds. The van der Waals surface area contributed by atoms with Gasteiger partial charge in [0.2, 0.25) is 0 Å². The highest BCUT2D eigenvalue weighted by Crippen LogP contribution is 2.23. The molecule has 0 unspecified atom stereocenters. The number of nitrogens with zero attached hydrogens (tertiary/aromatic N) is 2. The predicted octanol–water partition coefficient (Wildman–Crippen LogP) is 4.38. The molecule has 0 bridgehead atoms. The molecule has 0 aliphatic rings. The molecule has 6 heteroatoms. The maximum atomic E-state index is 9.35. The summed E-state index contributed by atoms with van der Waals surface area (Å²) < 4.78 is 2.48. The van der Waals surface area contributed by atoms with Crippen LogP contribution in [0.1, 0.15) is 17.0 Å². The minimum absolute atomic E-state index is 0.269. The summed E-state index contributed by atoms with van der Waals surface area (Å²) in [6, 6.07) is 12.9. The minimum Gasteiger partial charge on any atom is -0.508 e. The maximum absolute atomic E-state index is 9.35. The maximum Gasteiger partial charge on any atom is 0.199 e. The number of benzene rings is 2. The Morgan fingerprint density at radius 1 is 1.17 bits per heavy atom. The van der Waals surface area contributed by atoms with E-state index in [1.54, 1.807) is 12.1 Å². The Morgan fingerprint density at radius 2 is 1.91 bits per heavy atom. The summed E-state index contributed by atoms with van der Waals surface area (Å²) in [5.41, 5.74) is 3.04. The van der Waals surface area contributed by atoms with Gasteiger partial charge in [-0.05, 0) is 61.0 Å². The van der Waals surface area contributed by atoms with Gasteiger partial charge in [0, 0.05) is 11.4 Å². The van der Waals surface area contributed by atoms with Gasteiger partial charge in [-0.3, -0.25) is 9.67 Å².